The summed E-state index contributed by atoms with van der Waals surface area (Å²) in [4.78, 5) is 38.6. The van der Waals surface area contributed by atoms with Crippen LogP contribution in [0.25, 0.3) is 15.9 Å². The third-order valence-corrected chi connectivity index (χ3v) is 6.19. The van der Waals surface area contributed by atoms with Gasteiger partial charge in [0.1, 0.15) is 11.2 Å². The van der Waals surface area contributed by atoms with Crippen LogP contribution in [0.5, 0.6) is 0 Å². The molecule has 1 N–H and O–H groups in total. The number of fused-ring (bicyclic) bond motifs is 1. The molecule has 2 aromatic carbocycles. The van der Waals surface area contributed by atoms with E-state index in [0.29, 0.717) is 38.9 Å². The lowest BCUT2D eigenvalue weighted by molar-refractivity contribution is -0.121. The number of nitrogens with zero attached hydrogens (tertiary/aromatic N) is 2. The highest BCUT2D eigenvalue weighted by atomic mass is 35.5. The Morgan fingerprint density at radius 3 is 2.26 bits per heavy atom. The Morgan fingerprint density at radius 1 is 0.935 bits per heavy atom. The average Bonchev–Trinajstić information content (AvgIpc) is 3.24. The summed E-state index contributed by atoms with van der Waals surface area (Å²) in [6.45, 7) is 0.222. The van der Waals surface area contributed by atoms with Gasteiger partial charge in [-0.25, -0.2) is 9.36 Å². The van der Waals surface area contributed by atoms with Crippen LogP contribution in [0.1, 0.15) is 5.56 Å². The number of carbonyl (C=O) groups is 1. The van der Waals surface area contributed by atoms with Crippen molar-refractivity contribution in [2.24, 2.45) is 0 Å². The van der Waals surface area contributed by atoms with Crippen LogP contribution >= 0.6 is 34.5 Å². The Kier molecular flexibility index (Phi) is 6.27. The van der Waals surface area contributed by atoms with E-state index in [9.17, 15) is 14.4 Å². The number of benzene rings is 2. The Balaban J connectivity index is 1.59. The molecule has 9 heteroatoms. The summed E-state index contributed by atoms with van der Waals surface area (Å²) in [5.41, 5.74) is 0.880. The first-order valence-corrected chi connectivity index (χ1v) is 11.1. The number of halogens is 2. The maximum Gasteiger partial charge on any atom is 0.336 e. The van der Waals surface area contributed by atoms with Crippen molar-refractivity contribution in [1.29, 1.82) is 0 Å². The molecule has 2 aromatic heterocycles. The average molecular weight is 474 g/mol. The van der Waals surface area contributed by atoms with E-state index in [1.54, 1.807) is 47.8 Å². The molecule has 0 unspecified atom stereocenters. The maximum absolute atomic E-state index is 13.2. The Labute approximate surface area is 191 Å². The molecule has 0 aliphatic rings. The van der Waals surface area contributed by atoms with Crippen molar-refractivity contribution in [1.82, 2.24) is 14.5 Å². The minimum atomic E-state index is -0.578. The number of amides is 1. The minimum Gasteiger partial charge on any atom is -0.354 e. The van der Waals surface area contributed by atoms with Gasteiger partial charge in [0.25, 0.3) is 5.56 Å². The molecule has 0 saturated carbocycles. The van der Waals surface area contributed by atoms with Gasteiger partial charge in [-0.1, -0.05) is 35.3 Å². The molecular weight excluding hydrogens is 457 g/mol. The second-order valence-electron chi connectivity index (χ2n) is 6.85. The van der Waals surface area contributed by atoms with Gasteiger partial charge in [0.05, 0.1) is 11.2 Å². The summed E-state index contributed by atoms with van der Waals surface area (Å²) in [7, 11) is 0. The molecule has 2 heterocycles. The second kappa shape index (κ2) is 9.09. The lowest BCUT2D eigenvalue weighted by Gasteiger charge is -2.12. The predicted octanol–water partition coefficient (Wildman–Crippen LogP) is 3.88. The summed E-state index contributed by atoms with van der Waals surface area (Å²) >= 11 is 13.0. The number of thiophene rings is 1. The monoisotopic (exact) mass is 473 g/mol. The van der Waals surface area contributed by atoms with Crippen LogP contribution in [0.15, 0.2) is 69.6 Å². The molecule has 0 atom stereocenters. The van der Waals surface area contributed by atoms with Crippen LogP contribution in [0.4, 0.5) is 0 Å². The molecule has 0 aliphatic carbocycles. The summed E-state index contributed by atoms with van der Waals surface area (Å²) in [6, 6.07) is 15.5. The van der Waals surface area contributed by atoms with Gasteiger partial charge in [-0.15, -0.1) is 11.3 Å². The first-order valence-electron chi connectivity index (χ1n) is 9.44. The first kappa shape index (κ1) is 21.4. The van der Waals surface area contributed by atoms with Crippen LogP contribution in [-0.2, 0) is 17.8 Å². The fraction of sp³-hybridized carbons (Fsp3) is 0.136. The molecule has 158 valence electrons. The summed E-state index contributed by atoms with van der Waals surface area (Å²) in [6.07, 6.45) is 0.635. The number of hydrogen-bond acceptors (Lipinski definition) is 4. The van der Waals surface area contributed by atoms with E-state index in [4.69, 9.17) is 23.2 Å². The van der Waals surface area contributed by atoms with Crippen LogP contribution in [0, 0.1) is 0 Å². The highest BCUT2D eigenvalue weighted by Gasteiger charge is 2.17. The van der Waals surface area contributed by atoms with E-state index in [-0.39, 0.29) is 12.5 Å². The topological polar surface area (TPSA) is 73.1 Å². The molecular formula is C22H17Cl2N3O3S. The number of rotatable bonds is 6. The van der Waals surface area contributed by atoms with Gasteiger partial charge in [-0.3, -0.25) is 14.2 Å². The smallest absolute Gasteiger partial charge is 0.336 e. The van der Waals surface area contributed by atoms with Crippen LogP contribution in [-0.4, -0.2) is 21.6 Å². The molecule has 6 nitrogen and oxygen atoms in total. The summed E-state index contributed by atoms with van der Waals surface area (Å²) < 4.78 is 2.79. The molecule has 4 rings (SSSR count). The van der Waals surface area contributed by atoms with Crippen LogP contribution in [0.2, 0.25) is 10.0 Å². The molecule has 0 fully saturated rings. The molecule has 0 aliphatic heterocycles. The van der Waals surface area contributed by atoms with Crippen molar-refractivity contribution >= 4 is 50.7 Å². The Morgan fingerprint density at radius 2 is 1.58 bits per heavy atom. The van der Waals surface area contributed by atoms with Gasteiger partial charge >= 0.3 is 5.69 Å². The maximum atomic E-state index is 13.2. The van der Waals surface area contributed by atoms with Crippen LogP contribution < -0.4 is 16.6 Å². The lowest BCUT2D eigenvalue weighted by Crippen LogP contribution is -2.41. The predicted molar refractivity (Wildman–Crippen MR) is 125 cm³/mol. The van der Waals surface area contributed by atoms with Crippen molar-refractivity contribution in [3.8, 4) is 5.69 Å². The van der Waals surface area contributed by atoms with Crippen molar-refractivity contribution in [2.75, 3.05) is 6.54 Å². The van der Waals surface area contributed by atoms with Gasteiger partial charge in [0.15, 0.2) is 0 Å². The zero-order valence-electron chi connectivity index (χ0n) is 16.2. The number of aromatic nitrogens is 2. The first-order chi connectivity index (χ1) is 14.9. The van der Waals surface area contributed by atoms with E-state index in [2.05, 4.69) is 5.32 Å². The van der Waals surface area contributed by atoms with Gasteiger partial charge < -0.3 is 5.32 Å². The van der Waals surface area contributed by atoms with Crippen molar-refractivity contribution in [3.05, 3.63) is 96.4 Å². The second-order valence-corrected chi connectivity index (χ2v) is 8.64. The molecule has 0 spiro atoms. The van der Waals surface area contributed by atoms with Crippen molar-refractivity contribution in [2.45, 2.75) is 13.0 Å². The highest BCUT2D eigenvalue weighted by Crippen LogP contribution is 2.17. The van der Waals surface area contributed by atoms with E-state index in [1.807, 2.05) is 12.1 Å². The summed E-state index contributed by atoms with van der Waals surface area (Å²) in [5, 5.41) is 5.71. The zero-order valence-corrected chi connectivity index (χ0v) is 18.5. The molecule has 0 radical (unpaired) electrons. The van der Waals surface area contributed by atoms with Crippen molar-refractivity contribution in [3.63, 3.8) is 0 Å². The van der Waals surface area contributed by atoms with E-state index < -0.39 is 11.2 Å². The van der Waals surface area contributed by atoms with E-state index in [1.165, 1.54) is 15.9 Å². The Hall–Kier alpha value is -2.87. The van der Waals surface area contributed by atoms with Gasteiger partial charge in [0, 0.05) is 16.6 Å². The largest absolute Gasteiger partial charge is 0.354 e. The zero-order chi connectivity index (χ0) is 22.0. The SMILES string of the molecule is O=C(Cn1c(=O)n(-c2ccc(Cl)cc2)c(=O)c2sccc21)NCCc1ccc(Cl)cc1. The lowest BCUT2D eigenvalue weighted by atomic mass is 10.1. The minimum absolute atomic E-state index is 0.194. The number of nitrogens with one attached hydrogen (secondary N) is 1. The fourth-order valence-electron chi connectivity index (χ4n) is 3.25. The van der Waals surface area contributed by atoms with E-state index >= 15 is 0 Å². The van der Waals surface area contributed by atoms with Gasteiger partial charge in [-0.2, -0.15) is 0 Å². The molecule has 4 aromatic rings. The standard InChI is InChI=1S/C22H17Cl2N3O3S/c23-15-3-1-14(2-4-15)9-11-25-19(28)13-26-18-10-12-31-20(18)21(29)27(22(26)30)17-7-5-16(24)6-8-17/h1-8,10,12H,9,11,13H2,(H,25,28). The summed E-state index contributed by atoms with van der Waals surface area (Å²) in [5.74, 6) is -0.315. The third kappa shape index (κ3) is 4.58. The van der Waals surface area contributed by atoms with Gasteiger partial charge in [-0.05, 0) is 59.8 Å². The highest BCUT2D eigenvalue weighted by molar-refractivity contribution is 7.17. The number of hydrogen-bond donors (Lipinski definition) is 1. The fourth-order valence-corrected chi connectivity index (χ4v) is 4.33. The molecule has 1 amide bonds. The third-order valence-electron chi connectivity index (χ3n) is 4.79. The van der Waals surface area contributed by atoms with Crippen molar-refractivity contribution < 1.29 is 4.79 Å². The Bertz CT molecular complexity index is 1360. The normalized spacial score (nSPS) is 11.0. The number of carbonyl (C=O) groups excluding carboxylic acids is 1. The van der Waals surface area contributed by atoms with Gasteiger partial charge in [0.2, 0.25) is 5.91 Å². The molecule has 0 saturated heterocycles. The molecule has 31 heavy (non-hydrogen) atoms. The quantitative estimate of drug-likeness (QED) is 0.461. The molecule has 0 bridgehead atoms. The van der Waals surface area contributed by atoms with Crippen LogP contribution in [0.3, 0.4) is 0 Å². The van der Waals surface area contributed by atoms with E-state index in [0.717, 1.165) is 10.1 Å².